The summed E-state index contributed by atoms with van der Waals surface area (Å²) in [5.41, 5.74) is 7.75. The predicted molar refractivity (Wildman–Crippen MR) is 87.5 cm³/mol. The fourth-order valence-electron chi connectivity index (χ4n) is 3.39. The lowest BCUT2D eigenvalue weighted by molar-refractivity contribution is 0.0969. The van der Waals surface area contributed by atoms with Crippen molar-refractivity contribution >= 4 is 23.2 Å². The molecular weight excluding hydrogens is 291 g/mol. The molecule has 2 nitrogen and oxygen atoms in total. The summed E-state index contributed by atoms with van der Waals surface area (Å²) in [5.74, 6) is 0. The Hall–Kier alpha value is -0.280. The van der Waals surface area contributed by atoms with E-state index in [9.17, 15) is 0 Å². The minimum Gasteiger partial charge on any atom is -0.322 e. The first-order valence-corrected chi connectivity index (χ1v) is 8.11. The van der Waals surface area contributed by atoms with Gasteiger partial charge < -0.3 is 10.6 Å². The Morgan fingerprint density at radius 2 is 1.65 bits per heavy atom. The third kappa shape index (κ3) is 3.14. The van der Waals surface area contributed by atoms with Gasteiger partial charge >= 0.3 is 0 Å². The van der Waals surface area contributed by atoms with Crippen molar-refractivity contribution < 1.29 is 0 Å². The molecule has 1 saturated carbocycles. The van der Waals surface area contributed by atoms with Crippen LogP contribution in [0.3, 0.4) is 0 Å². The van der Waals surface area contributed by atoms with Crippen LogP contribution in [0.25, 0.3) is 0 Å². The summed E-state index contributed by atoms with van der Waals surface area (Å²) >= 11 is 12.2. The second-order valence-corrected chi connectivity index (χ2v) is 6.88. The maximum Gasteiger partial charge on any atom is 0.0595 e. The molecule has 2 rings (SSSR count). The number of rotatable bonds is 3. The highest BCUT2D eigenvalue weighted by molar-refractivity contribution is 6.42. The Balaban J connectivity index is 2.34. The highest BCUT2D eigenvalue weighted by Crippen LogP contribution is 2.40. The van der Waals surface area contributed by atoms with E-state index in [4.69, 9.17) is 28.9 Å². The first-order valence-electron chi connectivity index (χ1n) is 7.35. The second kappa shape index (κ2) is 6.65. The first-order chi connectivity index (χ1) is 9.47. The zero-order chi connectivity index (χ0) is 14.8. The molecule has 0 saturated heterocycles. The lowest BCUT2D eigenvalue weighted by Gasteiger charge is -2.44. The number of halogens is 2. The van der Waals surface area contributed by atoms with Crippen molar-refractivity contribution in [3.63, 3.8) is 0 Å². The standard InChI is InChI=1S/C16H24Cl2N2/c1-20(2)16(9-5-3-4-6-10-16)15(19)12-7-8-13(17)14(18)11-12/h7-8,11,15H,3-6,9-10,19H2,1-2H3. The van der Waals surface area contributed by atoms with Gasteiger partial charge in [-0.15, -0.1) is 0 Å². The fourth-order valence-corrected chi connectivity index (χ4v) is 3.70. The Kier molecular flexibility index (Phi) is 5.36. The Bertz CT molecular complexity index is 452. The number of likely N-dealkylation sites (N-methyl/N-ethyl adjacent to an activating group) is 1. The second-order valence-electron chi connectivity index (χ2n) is 6.06. The minimum absolute atomic E-state index is 0.0215. The van der Waals surface area contributed by atoms with Crippen LogP contribution in [0.5, 0.6) is 0 Å². The summed E-state index contributed by atoms with van der Waals surface area (Å²) < 4.78 is 0. The number of hydrogen-bond acceptors (Lipinski definition) is 2. The van der Waals surface area contributed by atoms with Gasteiger partial charge in [0.15, 0.2) is 0 Å². The molecule has 1 fully saturated rings. The summed E-state index contributed by atoms with van der Waals surface area (Å²) in [6.07, 6.45) is 7.39. The van der Waals surface area contributed by atoms with Gasteiger partial charge in [-0.3, -0.25) is 0 Å². The molecule has 0 heterocycles. The van der Waals surface area contributed by atoms with Crippen LogP contribution < -0.4 is 5.73 Å². The molecule has 1 aromatic rings. The van der Waals surface area contributed by atoms with Crippen molar-refractivity contribution in [2.75, 3.05) is 14.1 Å². The van der Waals surface area contributed by atoms with Gasteiger partial charge in [-0.25, -0.2) is 0 Å². The van der Waals surface area contributed by atoms with Crippen LogP contribution in [0.4, 0.5) is 0 Å². The summed E-state index contributed by atoms with van der Waals surface area (Å²) in [4.78, 5) is 2.31. The Labute approximate surface area is 132 Å². The third-order valence-electron chi connectivity index (χ3n) is 4.74. The molecule has 1 atom stereocenters. The molecule has 1 aliphatic carbocycles. The largest absolute Gasteiger partial charge is 0.322 e. The molecule has 0 bridgehead atoms. The molecule has 0 aromatic heterocycles. The molecule has 1 aliphatic rings. The average molecular weight is 315 g/mol. The van der Waals surface area contributed by atoms with Crippen LogP contribution >= 0.6 is 23.2 Å². The van der Waals surface area contributed by atoms with Crippen molar-refractivity contribution in [2.45, 2.75) is 50.1 Å². The van der Waals surface area contributed by atoms with E-state index in [2.05, 4.69) is 19.0 Å². The van der Waals surface area contributed by atoms with Crippen molar-refractivity contribution in [1.29, 1.82) is 0 Å². The van der Waals surface area contributed by atoms with Gasteiger partial charge in [-0.1, -0.05) is 55.0 Å². The maximum atomic E-state index is 6.65. The monoisotopic (exact) mass is 314 g/mol. The summed E-state index contributed by atoms with van der Waals surface area (Å²) in [5, 5.41) is 1.17. The number of nitrogens with two attached hydrogens (primary N) is 1. The molecule has 0 amide bonds. The third-order valence-corrected chi connectivity index (χ3v) is 5.48. The smallest absolute Gasteiger partial charge is 0.0595 e. The predicted octanol–water partition coefficient (Wildman–Crippen LogP) is 4.65. The summed E-state index contributed by atoms with van der Waals surface area (Å²) in [6.45, 7) is 0. The van der Waals surface area contributed by atoms with Crippen molar-refractivity contribution in [1.82, 2.24) is 4.90 Å². The first kappa shape index (κ1) is 16.1. The molecule has 1 aromatic carbocycles. The Morgan fingerprint density at radius 3 is 2.15 bits per heavy atom. The van der Waals surface area contributed by atoms with Gasteiger partial charge in [0.2, 0.25) is 0 Å². The van der Waals surface area contributed by atoms with E-state index < -0.39 is 0 Å². The van der Waals surface area contributed by atoms with Crippen LogP contribution in [0, 0.1) is 0 Å². The van der Waals surface area contributed by atoms with Gasteiger partial charge in [0.25, 0.3) is 0 Å². The van der Waals surface area contributed by atoms with Gasteiger partial charge in [0, 0.05) is 11.6 Å². The molecule has 112 valence electrons. The van der Waals surface area contributed by atoms with E-state index in [0.29, 0.717) is 10.0 Å². The number of nitrogens with zero attached hydrogens (tertiary/aromatic N) is 1. The van der Waals surface area contributed by atoms with E-state index in [1.807, 2.05) is 18.2 Å². The van der Waals surface area contributed by atoms with Crippen LogP contribution in [-0.4, -0.2) is 24.5 Å². The van der Waals surface area contributed by atoms with Crippen LogP contribution in [0.1, 0.15) is 50.1 Å². The lowest BCUT2D eigenvalue weighted by Crippen LogP contribution is -2.52. The molecule has 0 radical (unpaired) electrons. The molecule has 0 spiro atoms. The Morgan fingerprint density at radius 1 is 1.05 bits per heavy atom. The zero-order valence-electron chi connectivity index (χ0n) is 12.3. The quantitative estimate of drug-likeness (QED) is 0.823. The van der Waals surface area contributed by atoms with Crippen LogP contribution in [0.15, 0.2) is 18.2 Å². The van der Waals surface area contributed by atoms with Gasteiger partial charge in [-0.05, 0) is 44.6 Å². The van der Waals surface area contributed by atoms with E-state index in [1.165, 1.54) is 25.7 Å². The zero-order valence-corrected chi connectivity index (χ0v) is 13.8. The van der Waals surface area contributed by atoms with E-state index in [-0.39, 0.29) is 11.6 Å². The molecule has 1 unspecified atom stereocenters. The molecule has 4 heteroatoms. The van der Waals surface area contributed by atoms with Crippen LogP contribution in [-0.2, 0) is 0 Å². The van der Waals surface area contributed by atoms with E-state index >= 15 is 0 Å². The fraction of sp³-hybridized carbons (Fsp3) is 0.625. The van der Waals surface area contributed by atoms with Crippen LogP contribution in [0.2, 0.25) is 10.0 Å². The summed E-state index contributed by atoms with van der Waals surface area (Å²) in [6, 6.07) is 5.74. The highest BCUT2D eigenvalue weighted by atomic mass is 35.5. The lowest BCUT2D eigenvalue weighted by atomic mass is 9.78. The van der Waals surface area contributed by atoms with Crippen molar-refractivity contribution in [3.8, 4) is 0 Å². The van der Waals surface area contributed by atoms with Gasteiger partial charge in [-0.2, -0.15) is 0 Å². The normalized spacial score (nSPS) is 20.7. The minimum atomic E-state index is -0.0367. The number of hydrogen-bond donors (Lipinski definition) is 1. The van der Waals surface area contributed by atoms with Crippen molar-refractivity contribution in [3.05, 3.63) is 33.8 Å². The maximum absolute atomic E-state index is 6.65. The SMILES string of the molecule is CN(C)C1(C(N)c2ccc(Cl)c(Cl)c2)CCCCCC1. The van der Waals surface area contributed by atoms with Gasteiger partial charge in [0.05, 0.1) is 10.0 Å². The van der Waals surface area contributed by atoms with Gasteiger partial charge in [0.1, 0.15) is 0 Å². The van der Waals surface area contributed by atoms with Crippen molar-refractivity contribution in [2.24, 2.45) is 5.73 Å². The number of benzene rings is 1. The molecule has 0 aliphatic heterocycles. The summed E-state index contributed by atoms with van der Waals surface area (Å²) in [7, 11) is 4.28. The van der Waals surface area contributed by atoms with E-state index in [1.54, 1.807) is 0 Å². The average Bonchev–Trinajstić information content (AvgIpc) is 2.67. The highest BCUT2D eigenvalue weighted by Gasteiger charge is 2.39. The molecule has 20 heavy (non-hydrogen) atoms. The van der Waals surface area contributed by atoms with E-state index in [0.717, 1.165) is 18.4 Å². The topological polar surface area (TPSA) is 29.3 Å². The molecule has 2 N–H and O–H groups in total. The molecular formula is C16H24Cl2N2.